The smallest absolute Gasteiger partial charge is 0.219 e. The fourth-order valence-electron chi connectivity index (χ4n) is 3.99. The topological polar surface area (TPSA) is 62.2 Å². The molecule has 2 saturated heterocycles. The molecule has 32 heavy (non-hydrogen) atoms. The number of aliphatic imine (C=N–C) groups is 1. The molecule has 1 unspecified atom stereocenters. The number of morpholine rings is 1. The van der Waals surface area contributed by atoms with E-state index in [2.05, 4.69) is 27.0 Å². The van der Waals surface area contributed by atoms with Gasteiger partial charge in [0.25, 0.3) is 0 Å². The molecule has 1 aromatic carbocycles. The first kappa shape index (κ1) is 24.7. The van der Waals surface area contributed by atoms with Crippen molar-refractivity contribution in [2.45, 2.75) is 25.9 Å². The van der Waals surface area contributed by atoms with Gasteiger partial charge in [0.15, 0.2) is 5.96 Å². The lowest BCUT2D eigenvalue weighted by atomic mass is 10.2. The lowest BCUT2D eigenvalue weighted by molar-refractivity contribution is 0.0195. The highest BCUT2D eigenvalue weighted by molar-refractivity contribution is 14.0. The van der Waals surface area contributed by atoms with Crippen LogP contribution in [0.4, 0.5) is 4.39 Å². The fraction of sp³-hybridized carbons (Fsp3) is 0.478. The molecule has 1 N–H and O–H groups in total. The average Bonchev–Trinajstić information content (AvgIpc) is 3.29. The van der Waals surface area contributed by atoms with Gasteiger partial charge in [-0.2, -0.15) is 0 Å². The average molecular weight is 555 g/mol. The molecule has 0 amide bonds. The van der Waals surface area contributed by atoms with Crippen molar-refractivity contribution in [2.24, 2.45) is 4.99 Å². The molecule has 4 rings (SSSR count). The fourth-order valence-corrected chi connectivity index (χ4v) is 3.99. The van der Waals surface area contributed by atoms with E-state index in [9.17, 15) is 4.39 Å². The minimum atomic E-state index is -0.294. The standard InChI is InChI=1S/C23H30FN5O2.HI/c1-2-25-23(29-10-8-20(17-29)28-11-13-30-14-12-28)27-16-18-7-9-26-22(15-18)31-21-5-3-19(24)4-6-21;/h3-7,9,15,20H,2,8,10-14,16-17H2,1H3,(H,25,27);1H. The summed E-state index contributed by atoms with van der Waals surface area (Å²) in [7, 11) is 0. The Balaban J connectivity index is 0.00000289. The second kappa shape index (κ2) is 12.3. The van der Waals surface area contributed by atoms with Crippen LogP contribution in [0.1, 0.15) is 18.9 Å². The summed E-state index contributed by atoms with van der Waals surface area (Å²) in [5.41, 5.74) is 1.01. The molecule has 9 heteroatoms. The highest BCUT2D eigenvalue weighted by atomic mass is 127. The van der Waals surface area contributed by atoms with E-state index in [1.165, 1.54) is 12.1 Å². The van der Waals surface area contributed by atoms with E-state index in [0.29, 0.717) is 24.2 Å². The van der Waals surface area contributed by atoms with Crippen LogP contribution in [0.3, 0.4) is 0 Å². The van der Waals surface area contributed by atoms with Crippen molar-refractivity contribution in [2.75, 3.05) is 45.9 Å². The quantitative estimate of drug-likeness (QED) is 0.335. The normalized spacial score (nSPS) is 19.5. The summed E-state index contributed by atoms with van der Waals surface area (Å²) in [5, 5.41) is 3.43. The maximum atomic E-state index is 13.1. The van der Waals surface area contributed by atoms with Gasteiger partial charge in [-0.25, -0.2) is 14.4 Å². The first-order chi connectivity index (χ1) is 15.2. The molecule has 0 saturated carbocycles. The number of hydrogen-bond donors (Lipinski definition) is 1. The molecule has 0 aliphatic carbocycles. The molecule has 0 spiro atoms. The van der Waals surface area contributed by atoms with Gasteiger partial charge in [0, 0.05) is 51.0 Å². The molecule has 2 fully saturated rings. The van der Waals surface area contributed by atoms with E-state index in [0.717, 1.165) is 63.9 Å². The summed E-state index contributed by atoms with van der Waals surface area (Å²) in [6, 6.07) is 10.3. The van der Waals surface area contributed by atoms with Gasteiger partial charge in [-0.3, -0.25) is 4.90 Å². The third kappa shape index (κ3) is 6.76. The minimum absolute atomic E-state index is 0. The predicted molar refractivity (Wildman–Crippen MR) is 133 cm³/mol. The zero-order valence-corrected chi connectivity index (χ0v) is 20.7. The Hall–Kier alpha value is -1.98. The first-order valence-electron chi connectivity index (χ1n) is 10.9. The van der Waals surface area contributed by atoms with Crippen LogP contribution in [-0.2, 0) is 11.3 Å². The number of halogens is 2. The Labute approximate surface area is 206 Å². The van der Waals surface area contributed by atoms with Gasteiger partial charge in [-0.1, -0.05) is 0 Å². The van der Waals surface area contributed by atoms with Gasteiger partial charge in [-0.15, -0.1) is 24.0 Å². The molecule has 2 aliphatic heterocycles. The number of ether oxygens (including phenoxy) is 2. The molecule has 174 valence electrons. The highest BCUT2D eigenvalue weighted by Gasteiger charge is 2.30. The van der Waals surface area contributed by atoms with Gasteiger partial charge in [-0.05, 0) is 49.2 Å². The summed E-state index contributed by atoms with van der Waals surface area (Å²) in [5.74, 6) is 1.67. The van der Waals surface area contributed by atoms with E-state index >= 15 is 0 Å². The lowest BCUT2D eigenvalue weighted by Crippen LogP contribution is -2.46. The number of nitrogens with zero attached hydrogens (tertiary/aromatic N) is 4. The highest BCUT2D eigenvalue weighted by Crippen LogP contribution is 2.21. The monoisotopic (exact) mass is 555 g/mol. The van der Waals surface area contributed by atoms with Crippen LogP contribution in [0.15, 0.2) is 47.6 Å². The first-order valence-corrected chi connectivity index (χ1v) is 10.9. The molecule has 0 radical (unpaired) electrons. The van der Waals surface area contributed by atoms with E-state index in [-0.39, 0.29) is 29.8 Å². The van der Waals surface area contributed by atoms with E-state index in [1.807, 2.05) is 12.1 Å². The number of likely N-dealkylation sites (tertiary alicyclic amines) is 1. The number of guanidine groups is 1. The zero-order chi connectivity index (χ0) is 21.5. The van der Waals surface area contributed by atoms with Gasteiger partial charge < -0.3 is 19.7 Å². The third-order valence-electron chi connectivity index (χ3n) is 5.61. The molecule has 2 aromatic rings. The second-order valence-corrected chi connectivity index (χ2v) is 7.77. The molecular formula is C23H31FIN5O2. The SMILES string of the molecule is CCNC(=NCc1ccnc(Oc2ccc(F)cc2)c1)N1CCC(N2CCOCC2)C1.I. The maximum absolute atomic E-state index is 13.1. The van der Waals surface area contributed by atoms with Crippen molar-refractivity contribution in [3.05, 3.63) is 54.0 Å². The van der Waals surface area contributed by atoms with E-state index < -0.39 is 0 Å². The molecule has 7 nitrogen and oxygen atoms in total. The lowest BCUT2D eigenvalue weighted by Gasteiger charge is -2.32. The van der Waals surface area contributed by atoms with Gasteiger partial charge in [0.1, 0.15) is 11.6 Å². The van der Waals surface area contributed by atoms with Gasteiger partial charge in [0.2, 0.25) is 5.88 Å². The Morgan fingerprint density at radius 3 is 2.75 bits per heavy atom. The van der Waals surface area contributed by atoms with Crippen LogP contribution < -0.4 is 10.1 Å². The van der Waals surface area contributed by atoms with Gasteiger partial charge in [0.05, 0.1) is 19.8 Å². The number of benzene rings is 1. The summed E-state index contributed by atoms with van der Waals surface area (Å²) in [6.45, 7) is 9.12. The Morgan fingerprint density at radius 1 is 1.22 bits per heavy atom. The van der Waals surface area contributed by atoms with Crippen molar-refractivity contribution < 1.29 is 13.9 Å². The molecule has 2 aliphatic rings. The molecule has 3 heterocycles. The predicted octanol–water partition coefficient (Wildman–Crippen LogP) is 3.50. The summed E-state index contributed by atoms with van der Waals surface area (Å²) in [6.07, 6.45) is 2.86. The van der Waals surface area contributed by atoms with Crippen molar-refractivity contribution in [1.82, 2.24) is 20.1 Å². The van der Waals surface area contributed by atoms with Crippen molar-refractivity contribution >= 4 is 29.9 Å². The number of aromatic nitrogens is 1. The van der Waals surface area contributed by atoms with Gasteiger partial charge >= 0.3 is 0 Å². The van der Waals surface area contributed by atoms with Crippen LogP contribution in [0.25, 0.3) is 0 Å². The van der Waals surface area contributed by atoms with Crippen LogP contribution >= 0.6 is 24.0 Å². The maximum Gasteiger partial charge on any atom is 0.219 e. The summed E-state index contributed by atoms with van der Waals surface area (Å²) in [4.78, 5) is 14.0. The zero-order valence-electron chi connectivity index (χ0n) is 18.4. The van der Waals surface area contributed by atoms with Crippen LogP contribution in [0.2, 0.25) is 0 Å². The Morgan fingerprint density at radius 2 is 2.00 bits per heavy atom. The number of hydrogen-bond acceptors (Lipinski definition) is 5. The Bertz CT molecular complexity index is 877. The largest absolute Gasteiger partial charge is 0.439 e. The number of nitrogens with one attached hydrogen (secondary N) is 1. The van der Waals surface area contributed by atoms with E-state index in [4.69, 9.17) is 14.5 Å². The Kier molecular flexibility index (Phi) is 9.49. The van der Waals surface area contributed by atoms with Crippen molar-refractivity contribution in [3.8, 4) is 11.6 Å². The molecular weight excluding hydrogens is 524 g/mol. The van der Waals surface area contributed by atoms with Crippen LogP contribution in [0, 0.1) is 5.82 Å². The second-order valence-electron chi connectivity index (χ2n) is 7.77. The van der Waals surface area contributed by atoms with E-state index in [1.54, 1.807) is 18.3 Å². The third-order valence-corrected chi connectivity index (χ3v) is 5.61. The number of rotatable bonds is 6. The molecule has 1 atom stereocenters. The molecule has 1 aromatic heterocycles. The van der Waals surface area contributed by atoms with Crippen molar-refractivity contribution in [3.63, 3.8) is 0 Å². The number of pyridine rings is 1. The minimum Gasteiger partial charge on any atom is -0.439 e. The van der Waals surface area contributed by atoms with Crippen LogP contribution in [0.5, 0.6) is 11.6 Å². The summed E-state index contributed by atoms with van der Waals surface area (Å²) < 4.78 is 24.3. The van der Waals surface area contributed by atoms with Crippen molar-refractivity contribution in [1.29, 1.82) is 0 Å². The molecule has 0 bridgehead atoms. The van der Waals surface area contributed by atoms with Crippen LogP contribution in [-0.4, -0.2) is 72.7 Å². The summed E-state index contributed by atoms with van der Waals surface area (Å²) >= 11 is 0.